The second-order valence-electron chi connectivity index (χ2n) is 15.3. The molecule has 1 aromatic heterocycles. The molecule has 0 atom stereocenters. The van der Waals surface area contributed by atoms with E-state index in [1.54, 1.807) is 0 Å². The first-order chi connectivity index (χ1) is 29.7. The van der Waals surface area contributed by atoms with Crippen LogP contribution >= 0.6 is 11.3 Å². The van der Waals surface area contributed by atoms with Crippen LogP contribution in [-0.4, -0.2) is 0 Å². The normalized spacial score (nSPS) is 11.3. The van der Waals surface area contributed by atoms with Crippen LogP contribution in [0, 0.1) is 0 Å². The highest BCUT2D eigenvalue weighted by atomic mass is 32.1. The third-order valence-corrected chi connectivity index (χ3v) is 12.9. The van der Waals surface area contributed by atoms with E-state index in [-0.39, 0.29) is 0 Å². The molecule has 0 unspecified atom stereocenters. The van der Waals surface area contributed by atoms with Gasteiger partial charge in [-0.25, -0.2) is 0 Å². The van der Waals surface area contributed by atoms with Gasteiger partial charge in [-0.3, -0.25) is 0 Å². The van der Waals surface area contributed by atoms with Crippen molar-refractivity contribution in [2.24, 2.45) is 0 Å². The van der Waals surface area contributed by atoms with Gasteiger partial charge in [-0.15, -0.1) is 11.3 Å². The van der Waals surface area contributed by atoms with Crippen molar-refractivity contribution >= 4 is 59.3 Å². The number of nitrogens with zero attached hydrogens (tertiary/aromatic N) is 1. The van der Waals surface area contributed by atoms with Crippen molar-refractivity contribution in [3.05, 3.63) is 237 Å². The molecule has 10 aromatic carbocycles. The van der Waals surface area contributed by atoms with Gasteiger partial charge >= 0.3 is 0 Å². The van der Waals surface area contributed by atoms with Gasteiger partial charge in [0.25, 0.3) is 0 Å². The van der Waals surface area contributed by atoms with E-state index < -0.39 is 0 Å². The zero-order valence-electron chi connectivity index (χ0n) is 32.9. The van der Waals surface area contributed by atoms with Gasteiger partial charge in [-0.2, -0.15) is 0 Å². The molecule has 11 rings (SSSR count). The van der Waals surface area contributed by atoms with Gasteiger partial charge < -0.3 is 4.90 Å². The van der Waals surface area contributed by atoms with Gasteiger partial charge in [0.2, 0.25) is 0 Å². The molecule has 1 heterocycles. The molecule has 0 aliphatic heterocycles. The first-order valence-electron chi connectivity index (χ1n) is 20.5. The minimum Gasteiger partial charge on any atom is -0.310 e. The minimum absolute atomic E-state index is 1.10. The fraction of sp³-hybridized carbons (Fsp3) is 0. The molecule has 282 valence electrons. The zero-order valence-corrected chi connectivity index (χ0v) is 33.7. The maximum Gasteiger partial charge on any atom is 0.0467 e. The Labute approximate surface area is 354 Å². The molecule has 11 aromatic rings. The van der Waals surface area contributed by atoms with E-state index in [1.807, 2.05) is 11.3 Å². The van der Waals surface area contributed by atoms with Gasteiger partial charge in [0.15, 0.2) is 0 Å². The Morgan fingerprint density at radius 3 is 1.47 bits per heavy atom. The van der Waals surface area contributed by atoms with Crippen LogP contribution in [0.3, 0.4) is 0 Å². The fourth-order valence-corrected chi connectivity index (χ4v) is 9.83. The third kappa shape index (κ3) is 6.73. The Morgan fingerprint density at radius 2 is 0.750 bits per heavy atom. The summed E-state index contributed by atoms with van der Waals surface area (Å²) in [5, 5.41) is 5.14. The summed E-state index contributed by atoms with van der Waals surface area (Å²) in [7, 11) is 0. The summed E-state index contributed by atoms with van der Waals surface area (Å²) in [5.41, 5.74) is 15.4. The molecule has 1 nitrogen and oxygen atoms in total. The minimum atomic E-state index is 1.10. The van der Waals surface area contributed by atoms with Crippen LogP contribution in [0.2, 0.25) is 0 Å². The molecular formula is C58H39NS. The van der Waals surface area contributed by atoms with Gasteiger partial charge in [-0.1, -0.05) is 176 Å². The smallest absolute Gasteiger partial charge is 0.0467 e. The molecular weight excluding hydrogens is 743 g/mol. The van der Waals surface area contributed by atoms with E-state index in [4.69, 9.17) is 0 Å². The van der Waals surface area contributed by atoms with Crippen LogP contribution in [0.5, 0.6) is 0 Å². The Balaban J connectivity index is 0.977. The number of rotatable bonds is 8. The van der Waals surface area contributed by atoms with Gasteiger partial charge in [0.05, 0.1) is 0 Å². The maximum atomic E-state index is 2.38. The molecule has 2 heteroatoms. The highest BCUT2D eigenvalue weighted by Crippen LogP contribution is 2.42. The molecule has 0 saturated heterocycles. The van der Waals surface area contributed by atoms with Crippen LogP contribution in [-0.2, 0) is 0 Å². The van der Waals surface area contributed by atoms with Crippen molar-refractivity contribution in [3.63, 3.8) is 0 Å². The molecule has 0 radical (unpaired) electrons. The van der Waals surface area contributed by atoms with Crippen molar-refractivity contribution in [1.29, 1.82) is 0 Å². The standard InChI is InChI=1S/C58H39NS/c1-2-12-40(13-3-1)45-16-8-18-47(36-45)49-20-10-21-53(39-49)59(52-34-30-43(31-35-52)54-23-11-24-56-55-22-6-7-25-57(55)60-58(54)56)51-32-28-42(29-33-51)46-17-9-19-48(37-46)50-27-26-41-14-4-5-15-44(41)38-50/h1-39H. The van der Waals surface area contributed by atoms with Crippen molar-refractivity contribution in [3.8, 4) is 55.6 Å². The summed E-state index contributed by atoms with van der Waals surface area (Å²) in [6.45, 7) is 0. The predicted octanol–water partition coefficient (Wildman–Crippen LogP) is 17.0. The molecule has 0 aliphatic carbocycles. The lowest BCUT2D eigenvalue weighted by Gasteiger charge is -2.26. The molecule has 0 aliphatic rings. The Hall–Kier alpha value is -7.52. The van der Waals surface area contributed by atoms with Crippen LogP contribution in [0.15, 0.2) is 237 Å². The number of anilines is 3. The van der Waals surface area contributed by atoms with Crippen LogP contribution in [0.4, 0.5) is 17.1 Å². The Morgan fingerprint density at radius 1 is 0.267 bits per heavy atom. The molecule has 0 saturated carbocycles. The van der Waals surface area contributed by atoms with Crippen LogP contribution in [0.25, 0.3) is 86.6 Å². The fourth-order valence-electron chi connectivity index (χ4n) is 8.60. The first kappa shape index (κ1) is 35.6. The summed E-state index contributed by atoms with van der Waals surface area (Å²) in [4.78, 5) is 2.38. The van der Waals surface area contributed by atoms with Crippen molar-refractivity contribution in [2.45, 2.75) is 0 Å². The van der Waals surface area contributed by atoms with E-state index in [2.05, 4.69) is 241 Å². The highest BCUT2D eigenvalue weighted by Gasteiger charge is 2.16. The summed E-state index contributed by atoms with van der Waals surface area (Å²) >= 11 is 1.88. The van der Waals surface area contributed by atoms with Gasteiger partial charge in [0.1, 0.15) is 0 Å². The van der Waals surface area contributed by atoms with E-state index in [0.717, 1.165) is 17.1 Å². The SMILES string of the molecule is c1ccc(-c2cccc(-c3cccc(N(c4ccc(-c5cccc(-c6ccc7ccccc7c6)c5)cc4)c4ccc(-c5cccc6c5sc5ccccc56)cc4)c3)c2)cc1. The highest BCUT2D eigenvalue weighted by molar-refractivity contribution is 7.26. The lowest BCUT2D eigenvalue weighted by Crippen LogP contribution is -2.10. The Kier molecular flexibility index (Phi) is 9.11. The summed E-state index contributed by atoms with van der Waals surface area (Å²) < 4.78 is 2.65. The largest absolute Gasteiger partial charge is 0.310 e. The number of hydrogen-bond donors (Lipinski definition) is 0. The van der Waals surface area contributed by atoms with Crippen molar-refractivity contribution in [2.75, 3.05) is 4.90 Å². The van der Waals surface area contributed by atoms with E-state index in [1.165, 1.54) is 86.6 Å². The van der Waals surface area contributed by atoms with Gasteiger partial charge in [-0.05, 0) is 127 Å². The third-order valence-electron chi connectivity index (χ3n) is 11.7. The maximum absolute atomic E-state index is 2.38. The van der Waals surface area contributed by atoms with Gasteiger partial charge in [0, 0.05) is 37.2 Å². The lowest BCUT2D eigenvalue weighted by molar-refractivity contribution is 1.28. The molecule has 0 N–H and O–H groups in total. The van der Waals surface area contributed by atoms with Crippen LogP contribution < -0.4 is 4.90 Å². The second kappa shape index (κ2) is 15.3. The van der Waals surface area contributed by atoms with Crippen molar-refractivity contribution in [1.82, 2.24) is 0 Å². The first-order valence-corrected chi connectivity index (χ1v) is 21.3. The summed E-state index contributed by atoms with van der Waals surface area (Å²) in [6.07, 6.45) is 0. The second-order valence-corrected chi connectivity index (χ2v) is 16.4. The van der Waals surface area contributed by atoms with E-state index in [9.17, 15) is 0 Å². The Bertz CT molecular complexity index is 3310. The molecule has 0 bridgehead atoms. The zero-order chi connectivity index (χ0) is 39.8. The lowest BCUT2D eigenvalue weighted by atomic mass is 9.97. The van der Waals surface area contributed by atoms with E-state index in [0.29, 0.717) is 0 Å². The number of thiophene rings is 1. The molecule has 60 heavy (non-hydrogen) atoms. The summed E-state index contributed by atoms with van der Waals surface area (Å²) in [6, 6.07) is 86.1. The molecule has 0 spiro atoms. The molecule has 0 fully saturated rings. The number of hydrogen-bond acceptors (Lipinski definition) is 2. The average molecular weight is 782 g/mol. The predicted molar refractivity (Wildman–Crippen MR) is 259 cm³/mol. The molecule has 0 amide bonds. The monoisotopic (exact) mass is 781 g/mol. The number of benzene rings is 10. The van der Waals surface area contributed by atoms with E-state index >= 15 is 0 Å². The average Bonchev–Trinajstić information content (AvgIpc) is 3.72. The topological polar surface area (TPSA) is 3.24 Å². The quantitative estimate of drug-likeness (QED) is 0.148. The van der Waals surface area contributed by atoms with Crippen molar-refractivity contribution < 1.29 is 0 Å². The summed E-state index contributed by atoms with van der Waals surface area (Å²) in [5.74, 6) is 0. The number of fused-ring (bicyclic) bond motifs is 4. The van der Waals surface area contributed by atoms with Crippen LogP contribution in [0.1, 0.15) is 0 Å².